The molecule has 0 fully saturated rings. The highest BCUT2D eigenvalue weighted by atomic mass is 35.5. The molecule has 1 heterocycles. The summed E-state index contributed by atoms with van der Waals surface area (Å²) < 4.78 is 3.32. The summed E-state index contributed by atoms with van der Waals surface area (Å²) in [5, 5.41) is 3.62. The number of carbonyl (C=O) groups is 1. The topological polar surface area (TPSA) is 56.0 Å². The van der Waals surface area contributed by atoms with Gasteiger partial charge in [0.2, 0.25) is 5.91 Å². The summed E-state index contributed by atoms with van der Waals surface area (Å²) in [4.78, 5) is 25.8. The van der Waals surface area contributed by atoms with Gasteiger partial charge in [-0.05, 0) is 42.3 Å². The number of para-hydroxylation sites is 1. The monoisotopic (exact) mass is 491 g/mol. The van der Waals surface area contributed by atoms with Gasteiger partial charge in [-0.15, -0.1) is 11.8 Å². The van der Waals surface area contributed by atoms with E-state index in [9.17, 15) is 9.59 Å². The lowest BCUT2D eigenvalue weighted by atomic mass is 10.0. The standard InChI is InChI=1S/C27H26ClN3O2S/c1-19-25(27(33)31(30(19)2)23-11-7-4-8-12-23)29-24(32)17-18-34-26(20-9-5-3-6-10-20)21-13-15-22(28)16-14-21/h3-16,26H,17-18H2,1-2H3,(H,29,32). The van der Waals surface area contributed by atoms with Crippen molar-refractivity contribution in [2.45, 2.75) is 18.6 Å². The smallest absolute Gasteiger partial charge is 0.295 e. The number of halogens is 1. The average Bonchev–Trinajstić information content (AvgIpc) is 3.06. The fourth-order valence-corrected chi connectivity index (χ4v) is 5.20. The molecular formula is C27H26ClN3O2S. The second kappa shape index (κ2) is 10.8. The van der Waals surface area contributed by atoms with E-state index in [1.165, 1.54) is 5.56 Å². The summed E-state index contributed by atoms with van der Waals surface area (Å²) in [6.07, 6.45) is 0.292. The van der Waals surface area contributed by atoms with Crippen molar-refractivity contribution in [1.82, 2.24) is 9.36 Å². The molecule has 0 aliphatic heterocycles. The summed E-state index contributed by atoms with van der Waals surface area (Å²) in [5.74, 6) is 0.425. The van der Waals surface area contributed by atoms with Crippen molar-refractivity contribution in [3.63, 3.8) is 0 Å². The zero-order chi connectivity index (χ0) is 24.1. The lowest BCUT2D eigenvalue weighted by Crippen LogP contribution is -2.23. The maximum atomic E-state index is 13.0. The second-order valence-corrected chi connectivity index (χ2v) is 9.60. The molecule has 1 N–H and O–H groups in total. The number of nitrogens with one attached hydrogen (secondary N) is 1. The first-order chi connectivity index (χ1) is 16.5. The number of nitrogens with zero attached hydrogens (tertiary/aromatic N) is 2. The van der Waals surface area contributed by atoms with Crippen molar-refractivity contribution in [3.8, 4) is 5.69 Å². The Labute approximate surface area is 208 Å². The highest BCUT2D eigenvalue weighted by molar-refractivity contribution is 7.99. The SMILES string of the molecule is Cc1c(NC(=O)CCSC(c2ccccc2)c2ccc(Cl)cc2)c(=O)n(-c2ccccc2)n1C. The number of benzene rings is 3. The van der Waals surface area contributed by atoms with E-state index >= 15 is 0 Å². The number of hydrogen-bond donors (Lipinski definition) is 1. The fourth-order valence-electron chi connectivity index (χ4n) is 3.83. The Morgan fingerprint density at radius 3 is 2.18 bits per heavy atom. The molecule has 4 aromatic rings. The number of carbonyl (C=O) groups excluding carboxylic acids is 1. The molecule has 3 aromatic carbocycles. The second-order valence-electron chi connectivity index (χ2n) is 7.95. The Balaban J connectivity index is 1.45. The third kappa shape index (κ3) is 5.29. The molecule has 0 spiro atoms. The molecule has 1 aromatic heterocycles. The molecule has 0 bridgehead atoms. The van der Waals surface area contributed by atoms with Gasteiger partial charge in [0, 0.05) is 24.2 Å². The Hall–Kier alpha value is -3.22. The zero-order valence-electron chi connectivity index (χ0n) is 19.1. The molecule has 0 saturated heterocycles. The molecule has 34 heavy (non-hydrogen) atoms. The van der Waals surface area contributed by atoms with E-state index in [4.69, 9.17) is 11.6 Å². The molecular weight excluding hydrogens is 466 g/mol. The largest absolute Gasteiger partial charge is 0.320 e. The minimum atomic E-state index is -0.240. The highest BCUT2D eigenvalue weighted by Crippen LogP contribution is 2.36. The van der Waals surface area contributed by atoms with Crippen molar-refractivity contribution in [1.29, 1.82) is 0 Å². The van der Waals surface area contributed by atoms with E-state index < -0.39 is 0 Å². The van der Waals surface area contributed by atoms with Crippen LogP contribution in [0.1, 0.15) is 28.5 Å². The van der Waals surface area contributed by atoms with Crippen LogP contribution in [-0.4, -0.2) is 21.0 Å². The van der Waals surface area contributed by atoms with Crippen LogP contribution in [0.3, 0.4) is 0 Å². The molecule has 0 saturated carbocycles. The number of anilines is 1. The van der Waals surface area contributed by atoms with Crippen molar-refractivity contribution in [2.75, 3.05) is 11.1 Å². The molecule has 0 aliphatic carbocycles. The Bertz CT molecular complexity index is 1320. The van der Waals surface area contributed by atoms with Crippen LogP contribution in [-0.2, 0) is 11.8 Å². The molecule has 7 heteroatoms. The minimum Gasteiger partial charge on any atom is -0.320 e. The van der Waals surface area contributed by atoms with E-state index in [0.29, 0.717) is 28.6 Å². The van der Waals surface area contributed by atoms with Crippen LogP contribution in [0.15, 0.2) is 89.7 Å². The Morgan fingerprint density at radius 2 is 1.53 bits per heavy atom. The van der Waals surface area contributed by atoms with Crippen molar-refractivity contribution < 1.29 is 4.79 Å². The van der Waals surface area contributed by atoms with Gasteiger partial charge in [0.05, 0.1) is 16.6 Å². The molecule has 1 atom stereocenters. The van der Waals surface area contributed by atoms with Gasteiger partial charge in [0.25, 0.3) is 5.56 Å². The summed E-state index contributed by atoms with van der Waals surface area (Å²) in [6.45, 7) is 1.83. The highest BCUT2D eigenvalue weighted by Gasteiger charge is 2.19. The predicted octanol–water partition coefficient (Wildman–Crippen LogP) is 5.99. The zero-order valence-corrected chi connectivity index (χ0v) is 20.6. The maximum Gasteiger partial charge on any atom is 0.295 e. The summed E-state index contributed by atoms with van der Waals surface area (Å²) in [5.41, 5.74) is 3.83. The first-order valence-electron chi connectivity index (χ1n) is 11.0. The molecule has 0 aliphatic rings. The van der Waals surface area contributed by atoms with Gasteiger partial charge in [-0.25, -0.2) is 4.68 Å². The van der Waals surface area contributed by atoms with E-state index in [1.54, 1.807) is 21.1 Å². The molecule has 5 nitrogen and oxygen atoms in total. The minimum absolute atomic E-state index is 0.0834. The Kier molecular flexibility index (Phi) is 7.60. The lowest BCUT2D eigenvalue weighted by molar-refractivity contribution is -0.115. The van der Waals surface area contributed by atoms with Crippen molar-refractivity contribution >= 4 is 35.0 Å². The quantitative estimate of drug-likeness (QED) is 0.329. The van der Waals surface area contributed by atoms with Gasteiger partial charge < -0.3 is 5.32 Å². The van der Waals surface area contributed by atoms with Gasteiger partial charge in [0.15, 0.2) is 0 Å². The van der Waals surface area contributed by atoms with Crippen molar-refractivity contribution in [3.05, 3.63) is 117 Å². The van der Waals surface area contributed by atoms with Gasteiger partial charge in [-0.3, -0.25) is 14.3 Å². The van der Waals surface area contributed by atoms with E-state index in [1.807, 2.05) is 86.8 Å². The first kappa shape index (κ1) is 23.9. The van der Waals surface area contributed by atoms with Crippen LogP contribution in [0.4, 0.5) is 5.69 Å². The van der Waals surface area contributed by atoms with Gasteiger partial charge in [-0.2, -0.15) is 0 Å². The fraction of sp³-hybridized carbons (Fsp3) is 0.185. The van der Waals surface area contributed by atoms with Gasteiger partial charge in [0.1, 0.15) is 5.69 Å². The molecule has 1 unspecified atom stereocenters. The summed E-state index contributed by atoms with van der Waals surface area (Å²) >= 11 is 7.77. The number of thioether (sulfide) groups is 1. The van der Waals surface area contributed by atoms with E-state index in [2.05, 4.69) is 17.4 Å². The van der Waals surface area contributed by atoms with Gasteiger partial charge >= 0.3 is 0 Å². The molecule has 4 rings (SSSR count). The third-order valence-electron chi connectivity index (χ3n) is 5.71. The number of rotatable bonds is 8. The molecule has 174 valence electrons. The lowest BCUT2D eigenvalue weighted by Gasteiger charge is -2.18. The van der Waals surface area contributed by atoms with Crippen LogP contribution in [0.2, 0.25) is 5.02 Å². The molecule has 1 amide bonds. The van der Waals surface area contributed by atoms with Crippen LogP contribution < -0.4 is 10.9 Å². The van der Waals surface area contributed by atoms with E-state index in [0.717, 1.165) is 11.3 Å². The molecule has 0 radical (unpaired) electrons. The maximum absolute atomic E-state index is 13.0. The van der Waals surface area contributed by atoms with E-state index in [-0.39, 0.29) is 16.7 Å². The number of amides is 1. The summed E-state index contributed by atoms with van der Waals surface area (Å²) in [7, 11) is 1.81. The number of aromatic nitrogens is 2. The predicted molar refractivity (Wildman–Crippen MR) is 141 cm³/mol. The average molecular weight is 492 g/mol. The van der Waals surface area contributed by atoms with Gasteiger partial charge in [-0.1, -0.05) is 72.3 Å². The third-order valence-corrected chi connectivity index (χ3v) is 7.28. The normalized spacial score (nSPS) is 11.9. The van der Waals surface area contributed by atoms with Crippen LogP contribution in [0, 0.1) is 6.92 Å². The summed E-state index contributed by atoms with van der Waals surface area (Å²) in [6, 6.07) is 27.4. The van der Waals surface area contributed by atoms with Crippen LogP contribution in [0.5, 0.6) is 0 Å². The van der Waals surface area contributed by atoms with Crippen molar-refractivity contribution in [2.24, 2.45) is 7.05 Å². The number of hydrogen-bond acceptors (Lipinski definition) is 3. The van der Waals surface area contributed by atoms with Crippen LogP contribution >= 0.6 is 23.4 Å². The van der Waals surface area contributed by atoms with Crippen LogP contribution in [0.25, 0.3) is 5.69 Å². The first-order valence-corrected chi connectivity index (χ1v) is 12.4. The Morgan fingerprint density at radius 1 is 0.941 bits per heavy atom.